The SMILES string of the molecule is Cc1occc1CN(C)C(=O)[C@H](N)Cc1ccc(O)cc1. The summed E-state index contributed by atoms with van der Waals surface area (Å²) in [6.07, 6.45) is 2.05. The Hall–Kier alpha value is -2.27. The van der Waals surface area contributed by atoms with Gasteiger partial charge in [0.05, 0.1) is 12.3 Å². The molecule has 0 aliphatic carbocycles. The fourth-order valence-corrected chi connectivity index (χ4v) is 2.17. The average molecular weight is 288 g/mol. The van der Waals surface area contributed by atoms with Gasteiger partial charge in [0.1, 0.15) is 11.5 Å². The summed E-state index contributed by atoms with van der Waals surface area (Å²) < 4.78 is 5.22. The Morgan fingerprint density at radius 1 is 1.33 bits per heavy atom. The van der Waals surface area contributed by atoms with Crippen LogP contribution in [0.25, 0.3) is 0 Å². The standard InChI is InChI=1S/C16H20N2O3/c1-11-13(7-8-21-11)10-18(2)16(20)15(17)9-12-3-5-14(19)6-4-12/h3-8,15,19H,9-10,17H2,1-2H3/t15-/m1/s1. The molecule has 0 bridgehead atoms. The minimum absolute atomic E-state index is 0.122. The van der Waals surface area contributed by atoms with Crippen LogP contribution < -0.4 is 5.73 Å². The smallest absolute Gasteiger partial charge is 0.239 e. The van der Waals surface area contributed by atoms with Crippen LogP contribution in [-0.4, -0.2) is 29.0 Å². The Morgan fingerprint density at radius 2 is 2.00 bits per heavy atom. The van der Waals surface area contributed by atoms with Crippen LogP contribution in [0, 0.1) is 6.92 Å². The van der Waals surface area contributed by atoms with Gasteiger partial charge in [-0.2, -0.15) is 0 Å². The van der Waals surface area contributed by atoms with E-state index < -0.39 is 6.04 Å². The largest absolute Gasteiger partial charge is 0.508 e. The number of carbonyl (C=O) groups is 1. The van der Waals surface area contributed by atoms with Gasteiger partial charge in [-0.05, 0) is 37.1 Å². The van der Waals surface area contributed by atoms with Crippen molar-refractivity contribution >= 4 is 5.91 Å². The molecule has 112 valence electrons. The highest BCUT2D eigenvalue weighted by molar-refractivity contribution is 5.81. The Labute approximate surface area is 124 Å². The van der Waals surface area contributed by atoms with Crippen LogP contribution in [0.4, 0.5) is 0 Å². The van der Waals surface area contributed by atoms with Crippen LogP contribution in [0.5, 0.6) is 5.75 Å². The summed E-state index contributed by atoms with van der Waals surface area (Å²) >= 11 is 0. The zero-order valence-corrected chi connectivity index (χ0v) is 12.2. The fraction of sp³-hybridized carbons (Fsp3) is 0.312. The van der Waals surface area contributed by atoms with Gasteiger partial charge in [-0.3, -0.25) is 4.79 Å². The van der Waals surface area contributed by atoms with Crippen LogP contribution in [0.2, 0.25) is 0 Å². The first-order valence-electron chi connectivity index (χ1n) is 6.79. The number of furan rings is 1. The number of aromatic hydroxyl groups is 1. The number of likely N-dealkylation sites (N-methyl/N-ethyl adjacent to an activating group) is 1. The molecule has 0 fully saturated rings. The predicted molar refractivity (Wildman–Crippen MR) is 79.7 cm³/mol. The van der Waals surface area contributed by atoms with E-state index in [4.69, 9.17) is 10.2 Å². The zero-order chi connectivity index (χ0) is 15.4. The molecule has 5 heteroatoms. The molecular weight excluding hydrogens is 268 g/mol. The first kappa shape index (κ1) is 15.1. The van der Waals surface area contributed by atoms with Crippen molar-refractivity contribution in [2.45, 2.75) is 25.9 Å². The number of nitrogens with two attached hydrogens (primary N) is 1. The van der Waals surface area contributed by atoms with Crippen molar-refractivity contribution in [1.29, 1.82) is 0 Å². The summed E-state index contributed by atoms with van der Waals surface area (Å²) in [4.78, 5) is 13.9. The Kier molecular flexibility index (Phi) is 4.65. The molecule has 1 aromatic carbocycles. The van der Waals surface area contributed by atoms with E-state index in [2.05, 4.69) is 0 Å². The molecule has 21 heavy (non-hydrogen) atoms. The first-order chi connectivity index (χ1) is 9.97. The number of nitrogens with zero attached hydrogens (tertiary/aromatic N) is 1. The second-order valence-corrected chi connectivity index (χ2v) is 5.17. The lowest BCUT2D eigenvalue weighted by Crippen LogP contribution is -2.42. The van der Waals surface area contributed by atoms with Gasteiger partial charge in [-0.15, -0.1) is 0 Å². The highest BCUT2D eigenvalue weighted by atomic mass is 16.3. The third kappa shape index (κ3) is 3.86. The van der Waals surface area contributed by atoms with Gasteiger partial charge in [0.2, 0.25) is 5.91 Å². The molecule has 0 aliphatic heterocycles. The minimum atomic E-state index is -0.605. The van der Waals surface area contributed by atoms with E-state index in [1.807, 2.05) is 13.0 Å². The first-order valence-corrected chi connectivity index (χ1v) is 6.79. The Bertz CT molecular complexity index is 604. The summed E-state index contributed by atoms with van der Waals surface area (Å²) in [5.41, 5.74) is 7.87. The van der Waals surface area contributed by atoms with Crippen molar-refractivity contribution < 1.29 is 14.3 Å². The molecular formula is C16H20N2O3. The summed E-state index contributed by atoms with van der Waals surface area (Å²) in [5, 5.41) is 9.24. The van der Waals surface area contributed by atoms with Gasteiger partial charge in [0.25, 0.3) is 0 Å². The maximum Gasteiger partial charge on any atom is 0.239 e. The molecule has 2 aromatic rings. The maximum absolute atomic E-state index is 12.3. The van der Waals surface area contributed by atoms with Crippen molar-refractivity contribution in [2.75, 3.05) is 7.05 Å². The predicted octanol–water partition coefficient (Wildman–Crippen LogP) is 1.82. The van der Waals surface area contributed by atoms with Crippen molar-refractivity contribution in [2.24, 2.45) is 5.73 Å². The third-order valence-corrected chi connectivity index (χ3v) is 3.46. The molecule has 1 atom stereocenters. The van der Waals surface area contributed by atoms with Crippen LogP contribution >= 0.6 is 0 Å². The third-order valence-electron chi connectivity index (χ3n) is 3.46. The van der Waals surface area contributed by atoms with E-state index >= 15 is 0 Å². The highest BCUT2D eigenvalue weighted by Gasteiger charge is 2.19. The van der Waals surface area contributed by atoms with Gasteiger partial charge in [-0.25, -0.2) is 0 Å². The number of hydrogen-bond donors (Lipinski definition) is 2. The number of carbonyl (C=O) groups excluding carboxylic acids is 1. The van der Waals surface area contributed by atoms with Crippen LogP contribution in [-0.2, 0) is 17.8 Å². The number of benzene rings is 1. The Balaban J connectivity index is 1.95. The number of phenolic OH excluding ortho intramolecular Hbond substituents is 1. The van der Waals surface area contributed by atoms with Crippen LogP contribution in [0.1, 0.15) is 16.9 Å². The van der Waals surface area contributed by atoms with Gasteiger partial charge in [0, 0.05) is 19.2 Å². The molecule has 2 rings (SSSR count). The monoisotopic (exact) mass is 288 g/mol. The summed E-state index contributed by atoms with van der Waals surface area (Å²) in [6, 6.07) is 7.96. The molecule has 0 spiro atoms. The van der Waals surface area contributed by atoms with Gasteiger partial charge >= 0.3 is 0 Å². The maximum atomic E-state index is 12.3. The van der Waals surface area contributed by atoms with Crippen molar-refractivity contribution in [3.8, 4) is 5.75 Å². The lowest BCUT2D eigenvalue weighted by molar-refractivity contribution is -0.131. The molecule has 0 saturated carbocycles. The highest BCUT2D eigenvalue weighted by Crippen LogP contribution is 2.14. The molecule has 1 amide bonds. The van der Waals surface area contributed by atoms with Gasteiger partial charge in [-0.1, -0.05) is 12.1 Å². The number of hydrogen-bond acceptors (Lipinski definition) is 4. The number of amides is 1. The summed E-state index contributed by atoms with van der Waals surface area (Å²) in [5.74, 6) is 0.886. The molecule has 0 radical (unpaired) electrons. The number of aryl methyl sites for hydroxylation is 1. The molecule has 0 aliphatic rings. The quantitative estimate of drug-likeness (QED) is 0.879. The van der Waals surface area contributed by atoms with Crippen molar-refractivity contribution in [3.05, 3.63) is 53.5 Å². The lowest BCUT2D eigenvalue weighted by Gasteiger charge is -2.21. The zero-order valence-electron chi connectivity index (χ0n) is 12.2. The molecule has 1 heterocycles. The summed E-state index contributed by atoms with van der Waals surface area (Å²) in [7, 11) is 1.73. The second kappa shape index (κ2) is 6.45. The van der Waals surface area contributed by atoms with Crippen molar-refractivity contribution in [3.63, 3.8) is 0 Å². The van der Waals surface area contributed by atoms with E-state index in [1.165, 1.54) is 0 Å². The topological polar surface area (TPSA) is 79.7 Å². The lowest BCUT2D eigenvalue weighted by atomic mass is 10.1. The number of rotatable bonds is 5. The second-order valence-electron chi connectivity index (χ2n) is 5.17. The van der Waals surface area contributed by atoms with E-state index in [-0.39, 0.29) is 11.7 Å². The van der Waals surface area contributed by atoms with E-state index in [1.54, 1.807) is 42.5 Å². The molecule has 0 unspecified atom stereocenters. The van der Waals surface area contributed by atoms with Crippen molar-refractivity contribution in [1.82, 2.24) is 4.90 Å². The summed E-state index contributed by atoms with van der Waals surface area (Å²) in [6.45, 7) is 2.34. The van der Waals surface area contributed by atoms with E-state index in [0.717, 1.165) is 16.9 Å². The number of phenols is 1. The molecule has 1 aromatic heterocycles. The molecule has 3 N–H and O–H groups in total. The normalized spacial score (nSPS) is 12.1. The van der Waals surface area contributed by atoms with Gasteiger partial charge < -0.3 is 20.2 Å². The minimum Gasteiger partial charge on any atom is -0.508 e. The fourth-order valence-electron chi connectivity index (χ4n) is 2.17. The average Bonchev–Trinajstić information content (AvgIpc) is 2.86. The van der Waals surface area contributed by atoms with Gasteiger partial charge in [0.15, 0.2) is 0 Å². The van der Waals surface area contributed by atoms with E-state index in [9.17, 15) is 9.90 Å². The van der Waals surface area contributed by atoms with Crippen LogP contribution in [0.3, 0.4) is 0 Å². The Morgan fingerprint density at radius 3 is 2.57 bits per heavy atom. The van der Waals surface area contributed by atoms with Crippen LogP contribution in [0.15, 0.2) is 41.0 Å². The molecule has 0 saturated heterocycles. The molecule has 5 nitrogen and oxygen atoms in total. The van der Waals surface area contributed by atoms with E-state index in [0.29, 0.717) is 13.0 Å².